The first kappa shape index (κ1) is 11.2. The summed E-state index contributed by atoms with van der Waals surface area (Å²) in [6.07, 6.45) is 5.98. The molecule has 0 spiro atoms. The van der Waals surface area contributed by atoms with Crippen LogP contribution in [0.5, 0.6) is 0 Å². The molecule has 1 aromatic rings. The van der Waals surface area contributed by atoms with Gasteiger partial charge in [-0.2, -0.15) is 0 Å². The molecule has 0 fully saturated rings. The first-order valence-corrected chi connectivity index (χ1v) is 5.49. The molecule has 1 aromatic carbocycles. The summed E-state index contributed by atoms with van der Waals surface area (Å²) in [5, 5.41) is 0. The second-order valence-electron chi connectivity index (χ2n) is 3.89. The summed E-state index contributed by atoms with van der Waals surface area (Å²) in [6, 6.07) is 5.57. The summed E-state index contributed by atoms with van der Waals surface area (Å²) in [6.45, 7) is 4.00. The zero-order chi connectivity index (χ0) is 10.4. The molecule has 0 aliphatic rings. The molecule has 14 heavy (non-hydrogen) atoms. The standard InChI is InChI=1S/C13H19F/c1-3-4-5-6-7-12-9-8-11(2)13(14)10-12/h8-10H,3-7H2,1-2H3. The predicted molar refractivity (Wildman–Crippen MR) is 59.0 cm³/mol. The highest BCUT2D eigenvalue weighted by atomic mass is 19.1. The molecule has 0 bridgehead atoms. The van der Waals surface area contributed by atoms with Crippen molar-refractivity contribution >= 4 is 0 Å². The van der Waals surface area contributed by atoms with Gasteiger partial charge in [0.1, 0.15) is 5.82 Å². The van der Waals surface area contributed by atoms with Gasteiger partial charge < -0.3 is 0 Å². The van der Waals surface area contributed by atoms with E-state index in [9.17, 15) is 4.39 Å². The first-order valence-electron chi connectivity index (χ1n) is 5.49. The third-order valence-electron chi connectivity index (χ3n) is 2.56. The molecule has 0 saturated carbocycles. The van der Waals surface area contributed by atoms with Crippen LogP contribution in [0.4, 0.5) is 4.39 Å². The second kappa shape index (κ2) is 5.79. The van der Waals surface area contributed by atoms with E-state index in [1.165, 1.54) is 25.7 Å². The maximum absolute atomic E-state index is 13.2. The Labute approximate surface area is 86.2 Å². The molecule has 0 amide bonds. The van der Waals surface area contributed by atoms with Gasteiger partial charge in [-0.15, -0.1) is 0 Å². The Balaban J connectivity index is 2.39. The van der Waals surface area contributed by atoms with Gasteiger partial charge in [0, 0.05) is 0 Å². The SMILES string of the molecule is CCCCCCc1ccc(C)c(F)c1. The van der Waals surface area contributed by atoms with Crippen LogP contribution in [0.15, 0.2) is 18.2 Å². The minimum atomic E-state index is -0.0713. The second-order valence-corrected chi connectivity index (χ2v) is 3.89. The normalized spacial score (nSPS) is 10.5. The zero-order valence-electron chi connectivity index (χ0n) is 9.15. The van der Waals surface area contributed by atoms with Gasteiger partial charge in [-0.1, -0.05) is 38.3 Å². The van der Waals surface area contributed by atoms with Crippen LogP contribution in [-0.2, 0) is 6.42 Å². The number of unbranched alkanes of at least 4 members (excludes halogenated alkanes) is 3. The van der Waals surface area contributed by atoms with E-state index in [1.807, 2.05) is 12.1 Å². The molecule has 78 valence electrons. The molecule has 0 heterocycles. The smallest absolute Gasteiger partial charge is 0.126 e. The van der Waals surface area contributed by atoms with Crippen LogP contribution in [0.3, 0.4) is 0 Å². The van der Waals surface area contributed by atoms with Crippen LogP contribution >= 0.6 is 0 Å². The van der Waals surface area contributed by atoms with E-state index in [4.69, 9.17) is 0 Å². The topological polar surface area (TPSA) is 0 Å². The average molecular weight is 194 g/mol. The van der Waals surface area contributed by atoms with Crippen molar-refractivity contribution in [3.63, 3.8) is 0 Å². The van der Waals surface area contributed by atoms with Crippen molar-refractivity contribution < 1.29 is 4.39 Å². The van der Waals surface area contributed by atoms with Crippen molar-refractivity contribution in [1.29, 1.82) is 0 Å². The fourth-order valence-corrected chi connectivity index (χ4v) is 1.55. The third kappa shape index (κ3) is 3.49. The summed E-state index contributed by atoms with van der Waals surface area (Å²) in [7, 11) is 0. The molecule has 0 atom stereocenters. The van der Waals surface area contributed by atoms with E-state index < -0.39 is 0 Å². The molecule has 0 N–H and O–H groups in total. The van der Waals surface area contributed by atoms with Gasteiger partial charge >= 0.3 is 0 Å². The summed E-state index contributed by atoms with van der Waals surface area (Å²) in [5.74, 6) is -0.0713. The molecule has 0 aliphatic carbocycles. The van der Waals surface area contributed by atoms with Gasteiger partial charge in [0.25, 0.3) is 0 Å². The van der Waals surface area contributed by atoms with Crippen molar-refractivity contribution in [2.24, 2.45) is 0 Å². The Morgan fingerprint density at radius 3 is 2.57 bits per heavy atom. The minimum Gasteiger partial charge on any atom is -0.207 e. The first-order chi connectivity index (χ1) is 6.74. The van der Waals surface area contributed by atoms with E-state index in [2.05, 4.69) is 6.92 Å². The van der Waals surface area contributed by atoms with Crippen LogP contribution in [0.25, 0.3) is 0 Å². The Morgan fingerprint density at radius 2 is 1.93 bits per heavy atom. The van der Waals surface area contributed by atoms with Gasteiger partial charge in [-0.05, 0) is 37.0 Å². The van der Waals surface area contributed by atoms with Crippen molar-refractivity contribution in [2.45, 2.75) is 46.0 Å². The molecule has 0 unspecified atom stereocenters. The Hall–Kier alpha value is -0.850. The lowest BCUT2D eigenvalue weighted by Crippen LogP contribution is -1.89. The van der Waals surface area contributed by atoms with Gasteiger partial charge in [0.05, 0.1) is 0 Å². The van der Waals surface area contributed by atoms with Crippen LogP contribution in [0, 0.1) is 12.7 Å². The van der Waals surface area contributed by atoms with Crippen LogP contribution in [0.1, 0.15) is 43.7 Å². The number of benzene rings is 1. The lowest BCUT2D eigenvalue weighted by molar-refractivity contribution is 0.612. The molecule has 0 saturated heterocycles. The quantitative estimate of drug-likeness (QED) is 0.614. The monoisotopic (exact) mass is 194 g/mol. The summed E-state index contributed by atoms with van der Waals surface area (Å²) in [5.41, 5.74) is 1.87. The van der Waals surface area contributed by atoms with Crippen molar-refractivity contribution in [1.82, 2.24) is 0 Å². The summed E-state index contributed by atoms with van der Waals surface area (Å²) in [4.78, 5) is 0. The minimum absolute atomic E-state index is 0.0713. The molecular weight excluding hydrogens is 175 g/mol. The maximum atomic E-state index is 13.2. The van der Waals surface area contributed by atoms with Crippen molar-refractivity contribution in [3.8, 4) is 0 Å². The highest BCUT2D eigenvalue weighted by molar-refractivity contribution is 5.23. The van der Waals surface area contributed by atoms with E-state index >= 15 is 0 Å². The highest BCUT2D eigenvalue weighted by Gasteiger charge is 1.98. The molecule has 0 aromatic heterocycles. The lowest BCUT2D eigenvalue weighted by Gasteiger charge is -2.02. The fraction of sp³-hybridized carbons (Fsp3) is 0.538. The van der Waals surface area contributed by atoms with E-state index in [0.717, 1.165) is 17.5 Å². The largest absolute Gasteiger partial charge is 0.207 e. The van der Waals surface area contributed by atoms with E-state index in [0.29, 0.717) is 0 Å². The van der Waals surface area contributed by atoms with Gasteiger partial charge in [0.2, 0.25) is 0 Å². The fourth-order valence-electron chi connectivity index (χ4n) is 1.55. The van der Waals surface area contributed by atoms with Crippen molar-refractivity contribution in [2.75, 3.05) is 0 Å². The molecule has 0 radical (unpaired) electrons. The lowest BCUT2D eigenvalue weighted by atomic mass is 10.0. The zero-order valence-corrected chi connectivity index (χ0v) is 9.15. The Morgan fingerprint density at radius 1 is 1.14 bits per heavy atom. The number of hydrogen-bond acceptors (Lipinski definition) is 0. The van der Waals surface area contributed by atoms with Crippen LogP contribution in [0.2, 0.25) is 0 Å². The molecular formula is C13H19F. The number of halogens is 1. The van der Waals surface area contributed by atoms with E-state index in [-0.39, 0.29) is 5.82 Å². The molecule has 0 aliphatic heterocycles. The summed E-state index contributed by atoms with van der Waals surface area (Å²) >= 11 is 0. The average Bonchev–Trinajstić information content (AvgIpc) is 2.18. The van der Waals surface area contributed by atoms with Gasteiger partial charge in [-0.3, -0.25) is 0 Å². The Kier molecular flexibility index (Phi) is 4.64. The van der Waals surface area contributed by atoms with Crippen LogP contribution in [-0.4, -0.2) is 0 Å². The molecule has 0 nitrogen and oxygen atoms in total. The van der Waals surface area contributed by atoms with Gasteiger partial charge in [0.15, 0.2) is 0 Å². The highest BCUT2D eigenvalue weighted by Crippen LogP contribution is 2.12. The van der Waals surface area contributed by atoms with Crippen molar-refractivity contribution in [3.05, 3.63) is 35.1 Å². The van der Waals surface area contributed by atoms with E-state index in [1.54, 1.807) is 13.0 Å². The number of hydrogen-bond donors (Lipinski definition) is 0. The van der Waals surface area contributed by atoms with Gasteiger partial charge in [-0.25, -0.2) is 4.39 Å². The number of aryl methyl sites for hydroxylation is 2. The number of rotatable bonds is 5. The Bertz CT molecular complexity index is 279. The summed E-state index contributed by atoms with van der Waals surface area (Å²) < 4.78 is 13.2. The predicted octanol–water partition coefficient (Wildman–Crippen LogP) is 4.26. The molecule has 1 rings (SSSR count). The van der Waals surface area contributed by atoms with Crippen LogP contribution < -0.4 is 0 Å². The third-order valence-corrected chi connectivity index (χ3v) is 2.56. The molecule has 1 heteroatoms. The maximum Gasteiger partial charge on any atom is 0.126 e.